The number of carbonyl (C=O) groups is 2. The second-order valence-corrected chi connectivity index (χ2v) is 6.43. The van der Waals surface area contributed by atoms with E-state index in [0.717, 1.165) is 17.6 Å². The van der Waals surface area contributed by atoms with Gasteiger partial charge in [-0.2, -0.15) is 10.4 Å². The molecule has 0 bridgehead atoms. The number of fused-ring (bicyclic) bond motifs is 3. The molecule has 4 rings (SSSR count). The molecule has 2 unspecified atom stereocenters. The van der Waals surface area contributed by atoms with E-state index >= 15 is 0 Å². The smallest absolute Gasteiger partial charge is 0.262 e. The van der Waals surface area contributed by atoms with Gasteiger partial charge in [-0.1, -0.05) is 20.8 Å². The Morgan fingerprint density at radius 2 is 2.19 bits per heavy atom. The van der Waals surface area contributed by atoms with Crippen molar-refractivity contribution < 1.29 is 9.59 Å². The maximum atomic E-state index is 12.6. The van der Waals surface area contributed by atoms with Crippen molar-refractivity contribution in [3.63, 3.8) is 0 Å². The average Bonchev–Trinajstić information content (AvgIpc) is 3.12. The van der Waals surface area contributed by atoms with Crippen LogP contribution in [0.3, 0.4) is 0 Å². The average molecular weight is 353 g/mol. The van der Waals surface area contributed by atoms with Gasteiger partial charge in [0.1, 0.15) is 6.42 Å². The zero-order chi connectivity index (χ0) is 18.8. The molecule has 0 saturated carbocycles. The first-order chi connectivity index (χ1) is 12.6. The van der Waals surface area contributed by atoms with Gasteiger partial charge in [0.25, 0.3) is 5.91 Å². The summed E-state index contributed by atoms with van der Waals surface area (Å²) < 4.78 is 1.75. The molecule has 2 aromatic rings. The topological polar surface area (TPSA) is 81.7 Å². The summed E-state index contributed by atoms with van der Waals surface area (Å²) in [5.74, 6) is 0.0919. The van der Waals surface area contributed by atoms with Crippen LogP contribution in [-0.2, 0) is 4.79 Å². The third-order valence-electron chi connectivity index (χ3n) is 5.06. The van der Waals surface area contributed by atoms with Crippen molar-refractivity contribution in [2.75, 3.05) is 18.0 Å². The van der Waals surface area contributed by atoms with E-state index in [1.54, 1.807) is 15.6 Å². The maximum absolute atomic E-state index is 12.6. The highest BCUT2D eigenvalue weighted by Crippen LogP contribution is 2.40. The summed E-state index contributed by atoms with van der Waals surface area (Å²) >= 11 is 0. The molecule has 0 aliphatic carbocycles. The molecule has 26 heavy (non-hydrogen) atoms. The number of anilines is 1. The summed E-state index contributed by atoms with van der Waals surface area (Å²) in [4.78, 5) is 28.2. The molecule has 0 N–H and O–H groups in total. The molecule has 0 aromatic carbocycles. The summed E-state index contributed by atoms with van der Waals surface area (Å²) in [5.41, 5.74) is 2.43. The molecule has 1 saturated heterocycles. The van der Waals surface area contributed by atoms with Crippen LogP contribution in [0, 0.1) is 17.2 Å². The van der Waals surface area contributed by atoms with Gasteiger partial charge in [-0.25, -0.2) is 4.52 Å². The minimum absolute atomic E-state index is 0.0346. The number of likely N-dealkylation sites (tertiary alicyclic amines) is 1. The molecule has 0 spiro atoms. The Labute approximate surface area is 152 Å². The number of nitriles is 1. The van der Waals surface area contributed by atoms with Gasteiger partial charge < -0.3 is 9.80 Å². The highest BCUT2D eigenvalue weighted by molar-refractivity contribution is 6.23. The molecule has 0 radical (unpaired) electrons. The van der Waals surface area contributed by atoms with Crippen LogP contribution < -0.4 is 4.90 Å². The standard InChI is InChI=1S/C17H17N5O2.C2H6/c1-11-5-8-20(15(23)4-6-18)10-14(11)22-16-12(17(22)24)9-19-21-7-2-3-13(16)21;1-2/h2-3,7,9,11,14H,4-5,8,10H2,1H3;1-2H3. The molecule has 2 aromatic heterocycles. The maximum Gasteiger partial charge on any atom is 0.262 e. The fraction of sp³-hybridized carbons (Fsp3) is 0.474. The van der Waals surface area contributed by atoms with E-state index in [9.17, 15) is 9.59 Å². The predicted molar refractivity (Wildman–Crippen MR) is 97.7 cm³/mol. The number of hydrogen-bond acceptors (Lipinski definition) is 4. The number of piperidine rings is 1. The third kappa shape index (κ3) is 2.71. The van der Waals surface area contributed by atoms with Gasteiger partial charge in [0, 0.05) is 19.3 Å². The molecule has 2 amide bonds. The van der Waals surface area contributed by atoms with Gasteiger partial charge in [-0.05, 0) is 24.5 Å². The summed E-state index contributed by atoms with van der Waals surface area (Å²) in [6.07, 6.45) is 4.17. The van der Waals surface area contributed by atoms with Crippen LogP contribution in [0.15, 0.2) is 24.5 Å². The first-order valence-corrected chi connectivity index (χ1v) is 9.06. The number of nitrogens with zero attached hydrogens (tertiary/aromatic N) is 5. The number of amides is 2. The Kier molecular flexibility index (Phi) is 4.94. The first kappa shape index (κ1) is 17.9. The highest BCUT2D eigenvalue weighted by Gasteiger charge is 2.44. The quantitative estimate of drug-likeness (QED) is 0.830. The van der Waals surface area contributed by atoms with Gasteiger partial charge in [-0.3, -0.25) is 9.59 Å². The van der Waals surface area contributed by atoms with Crippen LogP contribution in [0.4, 0.5) is 5.69 Å². The lowest BCUT2D eigenvalue weighted by atomic mass is 9.88. The Balaban J connectivity index is 0.000000948. The zero-order valence-corrected chi connectivity index (χ0v) is 15.3. The normalized spacial score (nSPS) is 21.4. The molecular weight excluding hydrogens is 330 g/mol. The minimum Gasteiger partial charge on any atom is -0.340 e. The molecule has 7 nitrogen and oxygen atoms in total. The Morgan fingerprint density at radius 1 is 1.42 bits per heavy atom. The van der Waals surface area contributed by atoms with E-state index in [1.165, 1.54) is 0 Å². The predicted octanol–water partition coefficient (Wildman–Crippen LogP) is 2.47. The van der Waals surface area contributed by atoms with E-state index in [2.05, 4.69) is 12.0 Å². The van der Waals surface area contributed by atoms with Crippen LogP contribution in [0.5, 0.6) is 0 Å². The van der Waals surface area contributed by atoms with Gasteiger partial charge in [0.2, 0.25) is 5.91 Å². The molecule has 2 aliphatic rings. The van der Waals surface area contributed by atoms with Crippen molar-refractivity contribution in [3.8, 4) is 6.07 Å². The molecule has 1 fully saturated rings. The molecule has 7 heteroatoms. The lowest BCUT2D eigenvalue weighted by molar-refractivity contribution is -0.131. The van der Waals surface area contributed by atoms with Crippen LogP contribution >= 0.6 is 0 Å². The van der Waals surface area contributed by atoms with E-state index in [-0.39, 0.29) is 30.2 Å². The zero-order valence-electron chi connectivity index (χ0n) is 15.3. The fourth-order valence-electron chi connectivity index (χ4n) is 3.68. The third-order valence-corrected chi connectivity index (χ3v) is 5.06. The van der Waals surface area contributed by atoms with Crippen LogP contribution in [0.1, 0.15) is 44.0 Å². The SMILES string of the molecule is CC.CC1CCN(C(=O)CC#N)CC1N1C(=O)c2cnn3cccc3c21. The van der Waals surface area contributed by atoms with Gasteiger partial charge in [0.15, 0.2) is 0 Å². The van der Waals surface area contributed by atoms with Crippen molar-refractivity contribution in [3.05, 3.63) is 30.1 Å². The number of carbonyl (C=O) groups excluding carboxylic acids is 2. The van der Waals surface area contributed by atoms with Crippen molar-refractivity contribution >= 4 is 23.0 Å². The summed E-state index contributed by atoms with van der Waals surface area (Å²) in [6, 6.07) is 5.68. The number of hydrogen-bond donors (Lipinski definition) is 0. The van der Waals surface area contributed by atoms with Crippen LogP contribution in [0.2, 0.25) is 0 Å². The first-order valence-electron chi connectivity index (χ1n) is 9.06. The minimum atomic E-state index is -0.162. The van der Waals surface area contributed by atoms with Crippen molar-refractivity contribution in [1.29, 1.82) is 5.26 Å². The molecule has 2 aliphatic heterocycles. The second kappa shape index (κ2) is 7.16. The van der Waals surface area contributed by atoms with Crippen LogP contribution in [0.25, 0.3) is 5.52 Å². The van der Waals surface area contributed by atoms with Crippen molar-refractivity contribution in [2.24, 2.45) is 5.92 Å². The Morgan fingerprint density at radius 3 is 2.92 bits per heavy atom. The van der Waals surface area contributed by atoms with Crippen molar-refractivity contribution in [1.82, 2.24) is 14.5 Å². The van der Waals surface area contributed by atoms with Crippen LogP contribution in [-0.4, -0.2) is 45.5 Å². The summed E-state index contributed by atoms with van der Waals surface area (Å²) in [7, 11) is 0. The monoisotopic (exact) mass is 353 g/mol. The van der Waals surface area contributed by atoms with E-state index in [0.29, 0.717) is 18.7 Å². The van der Waals surface area contributed by atoms with E-state index in [4.69, 9.17) is 5.26 Å². The van der Waals surface area contributed by atoms with E-state index in [1.807, 2.05) is 43.1 Å². The molecule has 2 atom stereocenters. The van der Waals surface area contributed by atoms with Gasteiger partial charge in [-0.15, -0.1) is 0 Å². The lowest BCUT2D eigenvalue weighted by Gasteiger charge is -2.47. The lowest BCUT2D eigenvalue weighted by Crippen LogP contribution is -2.59. The Hall–Kier alpha value is -2.88. The van der Waals surface area contributed by atoms with Gasteiger partial charge >= 0.3 is 0 Å². The summed E-state index contributed by atoms with van der Waals surface area (Å²) in [6.45, 7) is 7.23. The second-order valence-electron chi connectivity index (χ2n) is 6.43. The molecule has 136 valence electrons. The summed E-state index contributed by atoms with van der Waals surface area (Å²) in [5, 5.41) is 13.0. The molecule has 4 heterocycles. The van der Waals surface area contributed by atoms with Gasteiger partial charge in [0.05, 0.1) is 35.1 Å². The number of rotatable bonds is 2. The Bertz CT molecular complexity index is 882. The largest absolute Gasteiger partial charge is 0.340 e. The fourth-order valence-corrected chi connectivity index (χ4v) is 3.68. The number of aromatic nitrogens is 2. The van der Waals surface area contributed by atoms with E-state index < -0.39 is 0 Å². The van der Waals surface area contributed by atoms with Crippen molar-refractivity contribution in [2.45, 2.75) is 39.7 Å². The highest BCUT2D eigenvalue weighted by atomic mass is 16.2. The molecular formula is C19H23N5O2.